The summed E-state index contributed by atoms with van der Waals surface area (Å²) in [7, 11) is 0. The number of allylic oxidation sites excluding steroid dienone is 3. The van der Waals surface area contributed by atoms with Gasteiger partial charge in [0.25, 0.3) is 0 Å². The molecule has 1 aromatic carbocycles. The molecule has 2 aliphatic rings. The third-order valence-corrected chi connectivity index (χ3v) is 5.91. The minimum atomic E-state index is -2.48. The van der Waals surface area contributed by atoms with E-state index in [0.717, 1.165) is 16.9 Å². The predicted octanol–water partition coefficient (Wildman–Crippen LogP) is 6.32. The number of aryl methyl sites for hydroxylation is 1. The summed E-state index contributed by atoms with van der Waals surface area (Å²) in [6.07, 6.45) is 3.57. The maximum atomic E-state index is 13.5. The van der Waals surface area contributed by atoms with Gasteiger partial charge in [-0.3, -0.25) is 4.31 Å². The molecule has 1 heterocycles. The van der Waals surface area contributed by atoms with Gasteiger partial charge < -0.3 is 0 Å². The van der Waals surface area contributed by atoms with E-state index in [1.165, 1.54) is 16.8 Å². The quantitative estimate of drug-likeness (QED) is 0.595. The molecule has 124 valence electrons. The monoisotopic (exact) mass is 335 g/mol. The number of alkyl halides is 2. The lowest BCUT2D eigenvalue weighted by Crippen LogP contribution is -2.17. The fourth-order valence-electron chi connectivity index (χ4n) is 3.24. The van der Waals surface area contributed by atoms with Crippen molar-refractivity contribution in [3.63, 3.8) is 0 Å². The van der Waals surface area contributed by atoms with Crippen LogP contribution in [0.25, 0.3) is 0 Å². The van der Waals surface area contributed by atoms with Crippen LogP contribution in [0.1, 0.15) is 45.1 Å². The van der Waals surface area contributed by atoms with Crippen molar-refractivity contribution in [1.82, 2.24) is 4.31 Å². The number of halogens is 2. The van der Waals surface area contributed by atoms with Gasteiger partial charge in [-0.2, -0.15) is 0 Å². The minimum absolute atomic E-state index is 0.00813. The second-order valence-electron chi connectivity index (χ2n) is 6.77. The van der Waals surface area contributed by atoms with Crippen molar-refractivity contribution in [2.24, 2.45) is 5.92 Å². The van der Waals surface area contributed by atoms with Crippen LogP contribution < -0.4 is 0 Å². The van der Waals surface area contributed by atoms with Crippen LogP contribution in [0.2, 0.25) is 0 Å². The lowest BCUT2D eigenvalue weighted by molar-refractivity contribution is 0.00626. The van der Waals surface area contributed by atoms with Gasteiger partial charge in [0.15, 0.2) is 0 Å². The molecular formula is C19H23F2NS. The molecule has 1 atom stereocenters. The van der Waals surface area contributed by atoms with Crippen molar-refractivity contribution in [3.05, 3.63) is 52.9 Å². The molecule has 0 spiro atoms. The van der Waals surface area contributed by atoms with E-state index in [1.807, 2.05) is 0 Å². The summed E-state index contributed by atoms with van der Waals surface area (Å²) < 4.78 is 29.2. The third-order valence-electron chi connectivity index (χ3n) is 4.85. The highest BCUT2D eigenvalue weighted by atomic mass is 32.2. The Labute approximate surface area is 141 Å². The topological polar surface area (TPSA) is 3.24 Å². The average molecular weight is 335 g/mol. The first-order valence-electron chi connectivity index (χ1n) is 8.13. The van der Waals surface area contributed by atoms with E-state index >= 15 is 0 Å². The number of nitrogens with zero attached hydrogens (tertiary/aromatic N) is 1. The van der Waals surface area contributed by atoms with Crippen molar-refractivity contribution >= 4 is 11.9 Å². The van der Waals surface area contributed by atoms with Crippen LogP contribution in [0, 0.1) is 12.8 Å². The Balaban J connectivity index is 1.79. The Kier molecular flexibility index (Phi) is 4.54. The van der Waals surface area contributed by atoms with Crippen LogP contribution >= 0.6 is 11.9 Å². The zero-order valence-electron chi connectivity index (χ0n) is 13.9. The molecule has 0 N–H and O–H groups in total. The number of benzene rings is 1. The van der Waals surface area contributed by atoms with Gasteiger partial charge >= 0.3 is 0 Å². The SMILES string of the molecule is CC1=C(C)N(Sc2ccc(C)cc2)C=C(C2CCC(F)(F)C2)C1. The lowest BCUT2D eigenvalue weighted by Gasteiger charge is -2.30. The van der Waals surface area contributed by atoms with E-state index in [9.17, 15) is 8.78 Å². The fourth-order valence-corrected chi connectivity index (χ4v) is 4.20. The summed E-state index contributed by atoms with van der Waals surface area (Å²) in [5.41, 5.74) is 4.88. The van der Waals surface area contributed by atoms with E-state index < -0.39 is 5.92 Å². The molecule has 1 nitrogen and oxygen atoms in total. The molecule has 1 aromatic rings. The van der Waals surface area contributed by atoms with Crippen molar-refractivity contribution in [2.45, 2.75) is 57.3 Å². The van der Waals surface area contributed by atoms with Crippen LogP contribution in [0.5, 0.6) is 0 Å². The molecule has 4 heteroatoms. The molecule has 0 bridgehead atoms. The highest BCUT2D eigenvalue weighted by Crippen LogP contribution is 2.46. The Morgan fingerprint density at radius 3 is 2.43 bits per heavy atom. The second kappa shape index (κ2) is 6.31. The van der Waals surface area contributed by atoms with Gasteiger partial charge in [-0.05, 0) is 74.8 Å². The van der Waals surface area contributed by atoms with E-state index in [1.54, 1.807) is 11.9 Å². The van der Waals surface area contributed by atoms with Crippen LogP contribution in [0.15, 0.2) is 52.2 Å². The largest absolute Gasteiger partial charge is 0.292 e. The smallest absolute Gasteiger partial charge is 0.248 e. The summed E-state index contributed by atoms with van der Waals surface area (Å²) in [6.45, 7) is 6.29. The van der Waals surface area contributed by atoms with Gasteiger partial charge in [-0.1, -0.05) is 17.7 Å². The summed E-state index contributed by atoms with van der Waals surface area (Å²) in [5, 5.41) is 0. The molecule has 3 rings (SSSR count). The number of rotatable bonds is 3. The van der Waals surface area contributed by atoms with E-state index in [4.69, 9.17) is 0 Å². The van der Waals surface area contributed by atoms with Gasteiger partial charge in [0.05, 0.1) is 0 Å². The Morgan fingerprint density at radius 2 is 1.83 bits per heavy atom. The van der Waals surface area contributed by atoms with Crippen LogP contribution in [0.3, 0.4) is 0 Å². The molecule has 1 unspecified atom stereocenters. The molecule has 0 aromatic heterocycles. The maximum absolute atomic E-state index is 13.5. The molecule has 0 radical (unpaired) electrons. The summed E-state index contributed by atoms with van der Waals surface area (Å²) in [4.78, 5) is 1.16. The van der Waals surface area contributed by atoms with Gasteiger partial charge in [-0.25, -0.2) is 8.78 Å². The first kappa shape index (κ1) is 16.6. The summed E-state index contributed by atoms with van der Waals surface area (Å²) in [5.74, 6) is -2.46. The van der Waals surface area contributed by atoms with Crippen molar-refractivity contribution in [3.8, 4) is 0 Å². The van der Waals surface area contributed by atoms with Gasteiger partial charge in [0.1, 0.15) is 0 Å². The predicted molar refractivity (Wildman–Crippen MR) is 92.2 cm³/mol. The number of hydrogen-bond donors (Lipinski definition) is 0. The van der Waals surface area contributed by atoms with Crippen molar-refractivity contribution < 1.29 is 8.78 Å². The summed E-state index contributed by atoms with van der Waals surface area (Å²) >= 11 is 1.66. The highest BCUT2D eigenvalue weighted by Gasteiger charge is 2.41. The van der Waals surface area contributed by atoms with Crippen LogP contribution in [-0.2, 0) is 0 Å². The van der Waals surface area contributed by atoms with E-state index in [0.29, 0.717) is 6.42 Å². The van der Waals surface area contributed by atoms with E-state index in [2.05, 4.69) is 55.5 Å². The number of hydrogen-bond acceptors (Lipinski definition) is 2. The van der Waals surface area contributed by atoms with Crippen molar-refractivity contribution in [2.75, 3.05) is 0 Å². The molecular weight excluding hydrogens is 312 g/mol. The Hall–Kier alpha value is -1.29. The molecule has 1 aliphatic heterocycles. The van der Waals surface area contributed by atoms with Crippen LogP contribution in [-0.4, -0.2) is 10.2 Å². The molecule has 0 saturated heterocycles. The molecule has 1 fully saturated rings. The standard InChI is InChI=1S/C19H23F2NS/c1-13-4-6-18(7-5-13)23-22-12-17(10-14(2)15(22)3)16-8-9-19(20,21)11-16/h4-7,12,16H,8-11H2,1-3H3. The van der Waals surface area contributed by atoms with Crippen LogP contribution in [0.4, 0.5) is 8.78 Å². The zero-order chi connectivity index (χ0) is 16.6. The normalized spacial score (nSPS) is 24.1. The zero-order valence-corrected chi connectivity index (χ0v) is 14.7. The van der Waals surface area contributed by atoms with Gasteiger partial charge in [-0.15, -0.1) is 0 Å². The first-order chi connectivity index (χ1) is 10.8. The molecule has 1 aliphatic carbocycles. The maximum Gasteiger partial charge on any atom is 0.248 e. The summed E-state index contributed by atoms with van der Waals surface area (Å²) in [6, 6.07) is 8.41. The minimum Gasteiger partial charge on any atom is -0.292 e. The molecule has 1 saturated carbocycles. The Morgan fingerprint density at radius 1 is 1.13 bits per heavy atom. The second-order valence-corrected chi connectivity index (χ2v) is 7.82. The van der Waals surface area contributed by atoms with Gasteiger partial charge in [0.2, 0.25) is 5.92 Å². The molecule has 0 amide bonds. The van der Waals surface area contributed by atoms with Gasteiger partial charge in [0, 0.05) is 29.6 Å². The Bertz CT molecular complexity index is 646. The third kappa shape index (κ3) is 3.79. The van der Waals surface area contributed by atoms with Crippen molar-refractivity contribution in [1.29, 1.82) is 0 Å². The highest BCUT2D eigenvalue weighted by molar-refractivity contribution is 7.97. The fraction of sp³-hybridized carbons (Fsp3) is 0.474. The molecule has 23 heavy (non-hydrogen) atoms. The first-order valence-corrected chi connectivity index (χ1v) is 8.90. The lowest BCUT2D eigenvalue weighted by atomic mass is 9.90. The average Bonchev–Trinajstić information content (AvgIpc) is 2.86. The van der Waals surface area contributed by atoms with E-state index in [-0.39, 0.29) is 18.8 Å².